The highest BCUT2D eigenvalue weighted by Gasteiger charge is 2.46. The molecule has 2 aromatic heterocycles. The quantitative estimate of drug-likeness (QED) is 0.856. The number of rotatable bonds is 4. The number of aromatic nitrogens is 3. The van der Waals surface area contributed by atoms with E-state index in [0.29, 0.717) is 13.1 Å². The Morgan fingerprint density at radius 3 is 2.42 bits per heavy atom. The largest absolute Gasteiger partial charge is 0.348 e. The summed E-state index contributed by atoms with van der Waals surface area (Å²) in [6.07, 6.45) is 5.32. The van der Waals surface area contributed by atoms with Gasteiger partial charge in [0, 0.05) is 50.3 Å². The molecule has 4 rings (SSSR count). The number of sulfone groups is 1. The van der Waals surface area contributed by atoms with Crippen LogP contribution in [0.25, 0.3) is 0 Å². The van der Waals surface area contributed by atoms with Gasteiger partial charge in [-0.1, -0.05) is 6.07 Å². The summed E-state index contributed by atoms with van der Waals surface area (Å²) in [6, 6.07) is 5.91. The first-order valence-electron chi connectivity index (χ1n) is 8.17. The van der Waals surface area contributed by atoms with Crippen molar-refractivity contribution in [1.29, 1.82) is 0 Å². The molecule has 0 aromatic carbocycles. The molecule has 2 atom stereocenters. The Kier molecular flexibility index (Phi) is 4.11. The molecular weight excluding hydrogens is 326 g/mol. The Morgan fingerprint density at radius 2 is 1.79 bits per heavy atom. The third-order valence-electron chi connectivity index (χ3n) is 4.90. The van der Waals surface area contributed by atoms with Gasteiger partial charge in [0.25, 0.3) is 0 Å². The molecule has 8 heteroatoms. The molecule has 1 N–H and O–H groups in total. The fraction of sp³-hybridized carbons (Fsp3) is 0.500. The Morgan fingerprint density at radius 1 is 1.04 bits per heavy atom. The summed E-state index contributed by atoms with van der Waals surface area (Å²) in [5.74, 6) is 1.35. The summed E-state index contributed by atoms with van der Waals surface area (Å²) >= 11 is 0. The van der Waals surface area contributed by atoms with Crippen LogP contribution < -0.4 is 0 Å². The summed E-state index contributed by atoms with van der Waals surface area (Å²) < 4.78 is 24.5. The van der Waals surface area contributed by atoms with Crippen LogP contribution in [0.5, 0.6) is 0 Å². The number of nitrogens with one attached hydrogen (secondary N) is 1. The van der Waals surface area contributed by atoms with Crippen LogP contribution in [0.15, 0.2) is 36.8 Å². The van der Waals surface area contributed by atoms with Crippen LogP contribution in [0.1, 0.15) is 11.5 Å². The van der Waals surface area contributed by atoms with Crippen molar-refractivity contribution in [3.63, 3.8) is 0 Å². The van der Waals surface area contributed by atoms with Gasteiger partial charge in [-0.25, -0.2) is 13.4 Å². The van der Waals surface area contributed by atoms with Crippen LogP contribution in [0, 0.1) is 0 Å². The van der Waals surface area contributed by atoms with Gasteiger partial charge in [0.05, 0.1) is 23.7 Å². The lowest BCUT2D eigenvalue weighted by Gasteiger charge is -2.43. The maximum atomic E-state index is 12.3. The molecular formula is C16H21N5O2S. The van der Waals surface area contributed by atoms with E-state index >= 15 is 0 Å². The van der Waals surface area contributed by atoms with E-state index in [-0.39, 0.29) is 23.6 Å². The lowest BCUT2D eigenvalue weighted by atomic mass is 10.0. The van der Waals surface area contributed by atoms with Crippen molar-refractivity contribution in [3.05, 3.63) is 48.3 Å². The molecule has 0 radical (unpaired) electrons. The SMILES string of the molecule is O=S1(=O)C[C@@H]2[C@H](C1)N(Cc1ncc[nH]1)CCN2Cc1ccccn1. The Labute approximate surface area is 141 Å². The molecule has 2 saturated heterocycles. The molecule has 2 fully saturated rings. The first-order valence-corrected chi connectivity index (χ1v) is 9.99. The van der Waals surface area contributed by atoms with Crippen molar-refractivity contribution in [2.45, 2.75) is 25.2 Å². The number of fused-ring (bicyclic) bond motifs is 1. The van der Waals surface area contributed by atoms with E-state index in [2.05, 4.69) is 24.8 Å². The monoisotopic (exact) mass is 347 g/mol. The standard InChI is InChI=1S/C16H21N5O2S/c22-24(23)11-14-15(12-24)21(10-16-18-5-6-19-16)8-7-20(14)9-13-3-1-2-4-17-13/h1-6,14-15H,7-12H2,(H,18,19)/t14-,15+/m1/s1. The van der Waals surface area contributed by atoms with E-state index in [1.54, 1.807) is 18.6 Å². The van der Waals surface area contributed by atoms with Crippen molar-refractivity contribution in [2.24, 2.45) is 0 Å². The number of piperazine rings is 1. The minimum Gasteiger partial charge on any atom is -0.348 e. The van der Waals surface area contributed by atoms with E-state index in [4.69, 9.17) is 0 Å². The minimum atomic E-state index is -3.00. The number of imidazole rings is 1. The van der Waals surface area contributed by atoms with Crippen molar-refractivity contribution in [3.8, 4) is 0 Å². The third kappa shape index (κ3) is 3.22. The van der Waals surface area contributed by atoms with E-state index < -0.39 is 9.84 Å². The van der Waals surface area contributed by atoms with Gasteiger partial charge in [-0.15, -0.1) is 0 Å². The van der Waals surface area contributed by atoms with Crippen LogP contribution in [-0.4, -0.2) is 69.8 Å². The highest BCUT2D eigenvalue weighted by atomic mass is 32.2. The summed E-state index contributed by atoms with van der Waals surface area (Å²) in [6.45, 7) is 3.05. The molecule has 2 aliphatic heterocycles. The first kappa shape index (κ1) is 15.7. The van der Waals surface area contributed by atoms with Gasteiger partial charge in [0.2, 0.25) is 0 Å². The van der Waals surface area contributed by atoms with E-state index in [1.165, 1.54) is 0 Å². The normalized spacial score (nSPS) is 27.2. The second kappa shape index (κ2) is 6.27. The summed E-state index contributed by atoms with van der Waals surface area (Å²) in [7, 11) is -3.00. The zero-order valence-corrected chi connectivity index (χ0v) is 14.2. The Hall–Kier alpha value is -1.77. The number of nitrogens with zero attached hydrogens (tertiary/aromatic N) is 4. The second-order valence-electron chi connectivity index (χ2n) is 6.51. The summed E-state index contributed by atoms with van der Waals surface area (Å²) in [5, 5.41) is 0. The number of H-pyrrole nitrogens is 1. The van der Waals surface area contributed by atoms with E-state index in [9.17, 15) is 8.42 Å². The predicted octanol–water partition coefficient (Wildman–Crippen LogP) is 0.288. The van der Waals surface area contributed by atoms with Crippen LogP contribution in [-0.2, 0) is 22.9 Å². The predicted molar refractivity (Wildman–Crippen MR) is 89.9 cm³/mol. The van der Waals surface area contributed by atoms with Gasteiger partial charge in [-0.3, -0.25) is 14.8 Å². The van der Waals surface area contributed by atoms with Crippen molar-refractivity contribution < 1.29 is 8.42 Å². The van der Waals surface area contributed by atoms with Crippen molar-refractivity contribution >= 4 is 9.84 Å². The number of hydrogen-bond donors (Lipinski definition) is 1. The fourth-order valence-corrected chi connectivity index (χ4v) is 5.81. The number of pyridine rings is 1. The average molecular weight is 347 g/mol. The molecule has 0 saturated carbocycles. The first-order chi connectivity index (χ1) is 11.6. The van der Waals surface area contributed by atoms with Gasteiger partial charge in [-0.2, -0.15) is 0 Å². The third-order valence-corrected chi connectivity index (χ3v) is 6.60. The molecule has 0 aliphatic carbocycles. The maximum absolute atomic E-state index is 12.3. The van der Waals surface area contributed by atoms with Gasteiger partial charge >= 0.3 is 0 Å². The van der Waals surface area contributed by atoms with E-state index in [0.717, 1.165) is 24.6 Å². The summed E-state index contributed by atoms with van der Waals surface area (Å²) in [5.41, 5.74) is 0.986. The molecule has 0 bridgehead atoms. The van der Waals surface area contributed by atoms with Crippen LogP contribution in [0.2, 0.25) is 0 Å². The highest BCUT2D eigenvalue weighted by molar-refractivity contribution is 7.91. The average Bonchev–Trinajstić information content (AvgIpc) is 3.17. The topological polar surface area (TPSA) is 82.2 Å². The number of aromatic amines is 1. The molecule has 128 valence electrons. The molecule has 24 heavy (non-hydrogen) atoms. The fourth-order valence-electron chi connectivity index (χ4n) is 3.77. The highest BCUT2D eigenvalue weighted by Crippen LogP contribution is 2.28. The smallest absolute Gasteiger partial charge is 0.153 e. The number of hydrogen-bond acceptors (Lipinski definition) is 6. The molecule has 2 aliphatic rings. The second-order valence-corrected chi connectivity index (χ2v) is 8.66. The van der Waals surface area contributed by atoms with Crippen LogP contribution >= 0.6 is 0 Å². The lowest BCUT2D eigenvalue weighted by Crippen LogP contribution is -2.58. The molecule has 4 heterocycles. The van der Waals surface area contributed by atoms with Gasteiger partial charge in [-0.05, 0) is 12.1 Å². The Balaban J connectivity index is 1.53. The maximum Gasteiger partial charge on any atom is 0.153 e. The van der Waals surface area contributed by atoms with Gasteiger partial charge in [0.1, 0.15) is 5.82 Å². The van der Waals surface area contributed by atoms with Crippen molar-refractivity contribution in [1.82, 2.24) is 24.8 Å². The molecule has 0 unspecified atom stereocenters. The van der Waals surface area contributed by atoms with Gasteiger partial charge in [0.15, 0.2) is 9.84 Å². The van der Waals surface area contributed by atoms with Crippen molar-refractivity contribution in [2.75, 3.05) is 24.6 Å². The minimum absolute atomic E-state index is 0.0255. The van der Waals surface area contributed by atoms with E-state index in [1.807, 2.05) is 18.2 Å². The van der Waals surface area contributed by atoms with Crippen LogP contribution in [0.4, 0.5) is 0 Å². The molecule has 2 aromatic rings. The zero-order valence-electron chi connectivity index (χ0n) is 13.4. The lowest BCUT2D eigenvalue weighted by molar-refractivity contribution is 0.0334. The Bertz CT molecular complexity index is 778. The summed E-state index contributed by atoms with van der Waals surface area (Å²) in [4.78, 5) is 16.3. The van der Waals surface area contributed by atoms with Crippen LogP contribution in [0.3, 0.4) is 0 Å². The zero-order chi connectivity index (χ0) is 16.6. The van der Waals surface area contributed by atoms with Gasteiger partial charge < -0.3 is 4.98 Å². The molecule has 7 nitrogen and oxygen atoms in total. The molecule has 0 amide bonds. The molecule has 0 spiro atoms.